The minimum absolute atomic E-state index is 0.0556. The molecular weight excluding hydrogens is 204 g/mol. The number of carbonyl (C=O) groups excluding carboxylic acids is 1. The summed E-state index contributed by atoms with van der Waals surface area (Å²) in [6, 6.07) is 9.06. The molecule has 1 atom stereocenters. The predicted octanol–water partition coefficient (Wildman–Crippen LogP) is 2.02. The van der Waals surface area contributed by atoms with Gasteiger partial charge < -0.3 is 9.90 Å². The molecule has 0 radical (unpaired) electrons. The third kappa shape index (κ3) is 1.82. The fraction of sp³-hybridized carbons (Fsp3) is 0.167. The molecule has 0 aliphatic carbocycles. The number of rotatable bonds is 3. The summed E-state index contributed by atoms with van der Waals surface area (Å²) in [6.07, 6.45) is 2.45. The highest BCUT2D eigenvalue weighted by Gasteiger charge is 2.12. The summed E-state index contributed by atoms with van der Waals surface area (Å²) in [5.74, 6) is -0.0556. The molecular formula is C12H12N2O2. The zero-order chi connectivity index (χ0) is 11.5. The standard InChI is InChI=1S/C12H12N2O2/c1-9(8-15)14-7-11(12(16)13-14)10-5-3-2-4-6-10/h2-9H,1H3,(H,13,16). The first kappa shape index (κ1) is 10.4. The molecule has 1 heterocycles. The van der Waals surface area contributed by atoms with Crippen LogP contribution in [-0.2, 0) is 4.79 Å². The maximum absolute atomic E-state index is 10.6. The zero-order valence-electron chi connectivity index (χ0n) is 8.87. The average molecular weight is 216 g/mol. The number of hydrogen-bond acceptors (Lipinski definition) is 3. The Morgan fingerprint density at radius 3 is 2.69 bits per heavy atom. The van der Waals surface area contributed by atoms with Crippen LogP contribution in [0, 0.1) is 0 Å². The third-order valence-corrected chi connectivity index (χ3v) is 2.41. The molecule has 1 N–H and O–H groups in total. The summed E-state index contributed by atoms with van der Waals surface area (Å²) >= 11 is 0. The molecule has 1 aromatic carbocycles. The lowest BCUT2D eigenvalue weighted by atomic mass is 10.1. The number of aromatic nitrogens is 2. The lowest BCUT2D eigenvalue weighted by Crippen LogP contribution is -2.05. The van der Waals surface area contributed by atoms with E-state index < -0.39 is 0 Å². The van der Waals surface area contributed by atoms with Gasteiger partial charge >= 0.3 is 0 Å². The van der Waals surface area contributed by atoms with Crippen molar-refractivity contribution in [3.05, 3.63) is 36.5 Å². The van der Waals surface area contributed by atoms with E-state index in [0.29, 0.717) is 5.56 Å². The van der Waals surface area contributed by atoms with Crippen molar-refractivity contribution in [1.29, 1.82) is 0 Å². The third-order valence-electron chi connectivity index (χ3n) is 2.41. The van der Waals surface area contributed by atoms with Gasteiger partial charge in [0.05, 0.1) is 5.56 Å². The highest BCUT2D eigenvalue weighted by molar-refractivity contribution is 5.68. The first-order chi connectivity index (χ1) is 7.72. The van der Waals surface area contributed by atoms with E-state index in [1.807, 2.05) is 30.3 Å². The van der Waals surface area contributed by atoms with Crippen molar-refractivity contribution >= 4 is 6.29 Å². The minimum atomic E-state index is -0.372. The molecule has 0 amide bonds. The van der Waals surface area contributed by atoms with Crippen molar-refractivity contribution in [1.82, 2.24) is 9.78 Å². The number of carbonyl (C=O) groups is 1. The molecule has 0 aliphatic heterocycles. The van der Waals surface area contributed by atoms with Gasteiger partial charge in [-0.3, -0.25) is 4.68 Å². The van der Waals surface area contributed by atoms with E-state index in [4.69, 9.17) is 0 Å². The molecule has 4 heteroatoms. The monoisotopic (exact) mass is 216 g/mol. The van der Waals surface area contributed by atoms with Crippen molar-refractivity contribution < 1.29 is 9.90 Å². The van der Waals surface area contributed by atoms with Gasteiger partial charge in [0.1, 0.15) is 12.3 Å². The van der Waals surface area contributed by atoms with Crippen molar-refractivity contribution in [2.75, 3.05) is 0 Å². The van der Waals surface area contributed by atoms with Crippen LogP contribution in [0.25, 0.3) is 11.1 Å². The fourth-order valence-corrected chi connectivity index (χ4v) is 1.47. The van der Waals surface area contributed by atoms with Crippen LogP contribution in [-0.4, -0.2) is 21.2 Å². The Labute approximate surface area is 93.1 Å². The SMILES string of the molecule is CC(C=O)n1cc(-c2ccccc2)c(O)n1. The van der Waals surface area contributed by atoms with Gasteiger partial charge in [0.15, 0.2) is 0 Å². The van der Waals surface area contributed by atoms with E-state index in [1.165, 1.54) is 4.68 Å². The Morgan fingerprint density at radius 1 is 1.38 bits per heavy atom. The number of benzene rings is 1. The van der Waals surface area contributed by atoms with Crippen LogP contribution >= 0.6 is 0 Å². The largest absolute Gasteiger partial charge is 0.492 e. The lowest BCUT2D eigenvalue weighted by molar-refractivity contribution is -0.110. The molecule has 0 aliphatic rings. The van der Waals surface area contributed by atoms with Crippen molar-refractivity contribution in [2.45, 2.75) is 13.0 Å². The van der Waals surface area contributed by atoms with Crippen LogP contribution in [0.2, 0.25) is 0 Å². The molecule has 0 saturated heterocycles. The molecule has 0 spiro atoms. The summed E-state index contributed by atoms with van der Waals surface area (Å²) in [5.41, 5.74) is 1.51. The van der Waals surface area contributed by atoms with E-state index in [2.05, 4.69) is 5.10 Å². The molecule has 1 unspecified atom stereocenters. The van der Waals surface area contributed by atoms with E-state index in [-0.39, 0.29) is 11.9 Å². The second kappa shape index (κ2) is 4.18. The quantitative estimate of drug-likeness (QED) is 0.798. The molecule has 4 nitrogen and oxygen atoms in total. The van der Waals surface area contributed by atoms with Crippen LogP contribution in [0.4, 0.5) is 0 Å². The fourth-order valence-electron chi connectivity index (χ4n) is 1.47. The van der Waals surface area contributed by atoms with Crippen molar-refractivity contribution in [3.8, 4) is 17.0 Å². The topological polar surface area (TPSA) is 55.1 Å². The first-order valence-corrected chi connectivity index (χ1v) is 5.01. The zero-order valence-corrected chi connectivity index (χ0v) is 8.87. The summed E-state index contributed by atoms with van der Waals surface area (Å²) in [4.78, 5) is 10.6. The van der Waals surface area contributed by atoms with Gasteiger partial charge in [0.25, 0.3) is 0 Å². The molecule has 16 heavy (non-hydrogen) atoms. The van der Waals surface area contributed by atoms with Gasteiger partial charge in [0.2, 0.25) is 5.88 Å². The van der Waals surface area contributed by atoms with Crippen molar-refractivity contribution in [2.24, 2.45) is 0 Å². The van der Waals surface area contributed by atoms with Crippen LogP contribution in [0.5, 0.6) is 5.88 Å². The smallest absolute Gasteiger partial charge is 0.238 e. The number of aromatic hydroxyl groups is 1. The summed E-state index contributed by atoms with van der Waals surface area (Å²) in [7, 11) is 0. The van der Waals surface area contributed by atoms with E-state index in [9.17, 15) is 9.90 Å². The van der Waals surface area contributed by atoms with Gasteiger partial charge in [-0.1, -0.05) is 30.3 Å². The number of hydrogen-bond donors (Lipinski definition) is 1. The lowest BCUT2D eigenvalue weighted by Gasteiger charge is -2.01. The highest BCUT2D eigenvalue weighted by Crippen LogP contribution is 2.28. The minimum Gasteiger partial charge on any atom is -0.492 e. The maximum atomic E-state index is 10.6. The number of aldehydes is 1. The van der Waals surface area contributed by atoms with Gasteiger partial charge in [-0.15, -0.1) is 5.10 Å². The van der Waals surface area contributed by atoms with E-state index in [0.717, 1.165) is 11.8 Å². The molecule has 0 fully saturated rings. The Kier molecular flexibility index (Phi) is 2.72. The van der Waals surface area contributed by atoms with Gasteiger partial charge in [-0.25, -0.2) is 0 Å². The second-order valence-electron chi connectivity index (χ2n) is 3.59. The van der Waals surface area contributed by atoms with Gasteiger partial charge in [-0.05, 0) is 12.5 Å². The average Bonchev–Trinajstić information content (AvgIpc) is 2.71. The molecule has 0 saturated carbocycles. The van der Waals surface area contributed by atoms with Crippen LogP contribution in [0.1, 0.15) is 13.0 Å². The van der Waals surface area contributed by atoms with E-state index >= 15 is 0 Å². The number of nitrogens with zero attached hydrogens (tertiary/aromatic N) is 2. The van der Waals surface area contributed by atoms with Gasteiger partial charge in [-0.2, -0.15) is 0 Å². The highest BCUT2D eigenvalue weighted by atomic mass is 16.3. The Balaban J connectivity index is 2.43. The predicted molar refractivity (Wildman–Crippen MR) is 60.1 cm³/mol. The second-order valence-corrected chi connectivity index (χ2v) is 3.59. The Morgan fingerprint density at radius 2 is 2.06 bits per heavy atom. The molecule has 0 bridgehead atoms. The molecule has 1 aromatic heterocycles. The van der Waals surface area contributed by atoms with Crippen molar-refractivity contribution in [3.63, 3.8) is 0 Å². The first-order valence-electron chi connectivity index (χ1n) is 5.01. The van der Waals surface area contributed by atoms with Crippen LogP contribution in [0.15, 0.2) is 36.5 Å². The summed E-state index contributed by atoms with van der Waals surface area (Å²) in [5, 5.41) is 13.6. The summed E-state index contributed by atoms with van der Waals surface area (Å²) < 4.78 is 1.45. The Hall–Kier alpha value is -2.10. The summed E-state index contributed by atoms with van der Waals surface area (Å²) in [6.45, 7) is 1.72. The molecule has 2 aromatic rings. The Bertz CT molecular complexity index is 491. The molecule has 82 valence electrons. The normalized spacial score (nSPS) is 12.3. The van der Waals surface area contributed by atoms with Gasteiger partial charge in [0, 0.05) is 6.20 Å². The molecule has 2 rings (SSSR count). The van der Waals surface area contributed by atoms with Crippen LogP contribution < -0.4 is 0 Å². The van der Waals surface area contributed by atoms with Crippen LogP contribution in [0.3, 0.4) is 0 Å². The van der Waals surface area contributed by atoms with E-state index in [1.54, 1.807) is 13.1 Å². The maximum Gasteiger partial charge on any atom is 0.238 e.